The van der Waals surface area contributed by atoms with Crippen molar-refractivity contribution >= 4 is 11.7 Å². The average Bonchev–Trinajstić information content (AvgIpc) is 3.32. The number of rotatable bonds is 5. The van der Waals surface area contributed by atoms with Crippen molar-refractivity contribution in [3.8, 4) is 0 Å². The van der Waals surface area contributed by atoms with E-state index >= 15 is 0 Å². The molecule has 0 aliphatic carbocycles. The second kappa shape index (κ2) is 6.60. The molecule has 7 heteroatoms. The minimum atomic E-state index is 0.0427. The summed E-state index contributed by atoms with van der Waals surface area (Å²) >= 11 is 0. The Kier molecular flexibility index (Phi) is 4.17. The lowest BCUT2D eigenvalue weighted by atomic mass is 9.90. The molecule has 2 aliphatic heterocycles. The van der Waals surface area contributed by atoms with E-state index in [1.807, 2.05) is 18.2 Å². The summed E-state index contributed by atoms with van der Waals surface area (Å²) in [5, 5.41) is 2.91. The number of carbonyl (C=O) groups excluding carboxylic acids is 1. The van der Waals surface area contributed by atoms with Gasteiger partial charge in [-0.3, -0.25) is 4.79 Å². The zero-order valence-corrected chi connectivity index (χ0v) is 13.3. The summed E-state index contributed by atoms with van der Waals surface area (Å²) in [7, 11) is 0. The normalized spacial score (nSPS) is 25.7. The highest BCUT2D eigenvalue weighted by atomic mass is 16.5. The van der Waals surface area contributed by atoms with E-state index in [1.54, 1.807) is 18.8 Å². The van der Waals surface area contributed by atoms with E-state index in [1.165, 1.54) is 0 Å². The second-order valence-electron chi connectivity index (χ2n) is 6.33. The molecule has 3 atom stereocenters. The van der Waals surface area contributed by atoms with Crippen molar-refractivity contribution in [2.75, 3.05) is 24.6 Å². The van der Waals surface area contributed by atoms with Crippen LogP contribution < -0.4 is 10.2 Å². The van der Waals surface area contributed by atoms with Gasteiger partial charge in [0.05, 0.1) is 25.5 Å². The Hall–Kier alpha value is -2.41. The molecule has 0 spiro atoms. The third-order valence-corrected chi connectivity index (χ3v) is 4.82. The number of nitrogens with one attached hydrogen (secondary N) is 1. The lowest BCUT2D eigenvalue weighted by Gasteiger charge is -2.20. The van der Waals surface area contributed by atoms with Crippen LogP contribution in [0, 0.1) is 11.8 Å². The molecule has 2 aromatic heterocycles. The van der Waals surface area contributed by atoms with Crippen molar-refractivity contribution in [2.45, 2.75) is 19.1 Å². The number of hydrogen-bond donors (Lipinski definition) is 1. The summed E-state index contributed by atoms with van der Waals surface area (Å²) < 4.78 is 11.1. The number of nitrogens with zero attached hydrogens (tertiary/aromatic N) is 3. The highest BCUT2D eigenvalue weighted by Crippen LogP contribution is 2.36. The number of ether oxygens (including phenoxy) is 1. The van der Waals surface area contributed by atoms with E-state index in [0.29, 0.717) is 25.5 Å². The highest BCUT2D eigenvalue weighted by molar-refractivity contribution is 5.76. The molecule has 2 aromatic rings. The summed E-state index contributed by atoms with van der Waals surface area (Å²) in [6.45, 7) is 2.78. The summed E-state index contributed by atoms with van der Waals surface area (Å²) in [6, 6.07) is 5.58. The Labute approximate surface area is 140 Å². The summed E-state index contributed by atoms with van der Waals surface area (Å²) in [6.07, 6.45) is 5.58. The van der Waals surface area contributed by atoms with E-state index < -0.39 is 0 Å². The van der Waals surface area contributed by atoms with Crippen LogP contribution in [0.15, 0.2) is 41.4 Å². The van der Waals surface area contributed by atoms with Gasteiger partial charge in [-0.05, 0) is 24.1 Å². The monoisotopic (exact) mass is 328 g/mol. The number of amides is 1. The number of carbonyl (C=O) groups is 1. The van der Waals surface area contributed by atoms with Gasteiger partial charge in [0.2, 0.25) is 5.91 Å². The lowest BCUT2D eigenvalue weighted by Crippen LogP contribution is -2.29. The molecule has 4 rings (SSSR count). The summed E-state index contributed by atoms with van der Waals surface area (Å²) in [5.41, 5.74) is 0. The molecule has 24 heavy (non-hydrogen) atoms. The van der Waals surface area contributed by atoms with Gasteiger partial charge in [-0.25, -0.2) is 9.97 Å². The molecule has 4 heterocycles. The van der Waals surface area contributed by atoms with Crippen LogP contribution in [0.1, 0.15) is 12.2 Å². The molecule has 1 N–H and O–H groups in total. The Morgan fingerprint density at radius 2 is 2.33 bits per heavy atom. The molecular formula is C17H20N4O3. The van der Waals surface area contributed by atoms with Crippen LogP contribution in [0.2, 0.25) is 0 Å². The lowest BCUT2D eigenvalue weighted by molar-refractivity contribution is -0.122. The first-order valence-corrected chi connectivity index (χ1v) is 8.21. The van der Waals surface area contributed by atoms with Crippen LogP contribution >= 0.6 is 0 Å². The van der Waals surface area contributed by atoms with Gasteiger partial charge in [0.15, 0.2) is 0 Å². The number of fused-ring (bicyclic) bond motifs is 1. The fraction of sp³-hybridized carbons (Fsp3) is 0.471. The topological polar surface area (TPSA) is 80.5 Å². The highest BCUT2D eigenvalue weighted by Gasteiger charge is 2.44. The van der Waals surface area contributed by atoms with Gasteiger partial charge < -0.3 is 19.4 Å². The van der Waals surface area contributed by atoms with Gasteiger partial charge >= 0.3 is 0 Å². The van der Waals surface area contributed by atoms with Crippen LogP contribution in [0.3, 0.4) is 0 Å². The van der Waals surface area contributed by atoms with E-state index in [9.17, 15) is 4.79 Å². The van der Waals surface area contributed by atoms with Crippen molar-refractivity contribution in [1.29, 1.82) is 0 Å². The zero-order valence-electron chi connectivity index (χ0n) is 13.3. The van der Waals surface area contributed by atoms with Crippen LogP contribution in [0.5, 0.6) is 0 Å². The largest absolute Gasteiger partial charge is 0.467 e. The van der Waals surface area contributed by atoms with Crippen molar-refractivity contribution in [2.24, 2.45) is 11.8 Å². The first-order chi connectivity index (χ1) is 11.8. The fourth-order valence-electron chi connectivity index (χ4n) is 3.58. The predicted octanol–water partition coefficient (Wildman–Crippen LogP) is 1.23. The maximum Gasteiger partial charge on any atom is 0.220 e. The molecule has 7 nitrogen and oxygen atoms in total. The Morgan fingerprint density at radius 3 is 3.12 bits per heavy atom. The third-order valence-electron chi connectivity index (χ3n) is 4.82. The quantitative estimate of drug-likeness (QED) is 0.889. The predicted molar refractivity (Wildman–Crippen MR) is 86.1 cm³/mol. The molecule has 0 aromatic carbocycles. The number of aromatic nitrogens is 2. The van der Waals surface area contributed by atoms with E-state index in [-0.39, 0.29) is 17.9 Å². The molecule has 2 fully saturated rings. The Balaban J connectivity index is 1.32. The maximum atomic E-state index is 12.2. The Bertz CT molecular complexity index is 676. The zero-order chi connectivity index (χ0) is 16.4. The smallest absolute Gasteiger partial charge is 0.220 e. The fourth-order valence-corrected chi connectivity index (χ4v) is 3.58. The second-order valence-corrected chi connectivity index (χ2v) is 6.33. The minimum absolute atomic E-state index is 0.0427. The molecule has 0 saturated carbocycles. The van der Waals surface area contributed by atoms with Crippen LogP contribution in [-0.2, 0) is 16.1 Å². The van der Waals surface area contributed by atoms with E-state index in [2.05, 4.69) is 20.2 Å². The van der Waals surface area contributed by atoms with Gasteiger partial charge in [0.1, 0.15) is 17.9 Å². The van der Waals surface area contributed by atoms with Crippen molar-refractivity contribution in [1.82, 2.24) is 15.3 Å². The van der Waals surface area contributed by atoms with E-state index in [0.717, 1.165) is 24.7 Å². The van der Waals surface area contributed by atoms with Crippen LogP contribution in [0.25, 0.3) is 0 Å². The van der Waals surface area contributed by atoms with Crippen LogP contribution in [0.4, 0.5) is 5.82 Å². The number of hydrogen-bond acceptors (Lipinski definition) is 6. The number of furan rings is 1. The van der Waals surface area contributed by atoms with E-state index in [4.69, 9.17) is 9.15 Å². The standard InChI is InChI=1S/C17H20N4O3/c22-17(19-7-13-2-1-5-23-13)6-12-10-24-15-9-21(8-14(12)15)16-3-4-18-11-20-16/h1-5,11-12,14-15H,6-10H2,(H,19,22)/t12-,14+,15+/m0/s1. The van der Waals surface area contributed by atoms with Gasteiger partial charge in [-0.2, -0.15) is 0 Å². The molecule has 2 saturated heterocycles. The first-order valence-electron chi connectivity index (χ1n) is 8.21. The summed E-state index contributed by atoms with van der Waals surface area (Å²) in [5.74, 6) is 2.35. The first kappa shape index (κ1) is 15.1. The van der Waals surface area contributed by atoms with Crippen molar-refractivity contribution < 1.29 is 13.9 Å². The van der Waals surface area contributed by atoms with Crippen molar-refractivity contribution in [3.05, 3.63) is 42.7 Å². The SMILES string of the molecule is O=C(C[C@H]1CO[C@@H]2CN(c3ccncn3)C[C@H]12)NCc1ccco1. The molecule has 1 amide bonds. The van der Waals surface area contributed by atoms with Crippen LogP contribution in [-0.4, -0.2) is 41.7 Å². The molecule has 0 radical (unpaired) electrons. The molecule has 0 unspecified atom stereocenters. The molecule has 126 valence electrons. The van der Waals surface area contributed by atoms with Gasteiger partial charge in [0, 0.05) is 31.6 Å². The molecule has 0 bridgehead atoms. The van der Waals surface area contributed by atoms with Crippen molar-refractivity contribution in [3.63, 3.8) is 0 Å². The number of anilines is 1. The van der Waals surface area contributed by atoms with Gasteiger partial charge in [-0.15, -0.1) is 0 Å². The summed E-state index contributed by atoms with van der Waals surface area (Å²) in [4.78, 5) is 22.7. The molecular weight excluding hydrogens is 308 g/mol. The molecule has 2 aliphatic rings. The average molecular weight is 328 g/mol. The van der Waals surface area contributed by atoms with Gasteiger partial charge in [0.25, 0.3) is 0 Å². The van der Waals surface area contributed by atoms with Gasteiger partial charge in [-0.1, -0.05) is 0 Å². The minimum Gasteiger partial charge on any atom is -0.467 e. The maximum absolute atomic E-state index is 12.2. The third kappa shape index (κ3) is 3.12. The Morgan fingerprint density at radius 1 is 1.38 bits per heavy atom.